The highest BCUT2D eigenvalue weighted by Crippen LogP contribution is 2.44. The summed E-state index contributed by atoms with van der Waals surface area (Å²) in [6.45, 7) is 2.63. The van der Waals surface area contributed by atoms with Crippen LogP contribution in [0, 0.1) is 5.92 Å². The van der Waals surface area contributed by atoms with Crippen molar-refractivity contribution in [1.82, 2.24) is 4.98 Å². The molecule has 0 amide bonds. The molecular weight excluding hydrogens is 442 g/mol. The summed E-state index contributed by atoms with van der Waals surface area (Å²) in [6.07, 6.45) is 3.52. The number of pyridine rings is 1. The standard InChI is InChI=1S/C26H23NO3S.ClH/c1-15-3-9-19-24(11-15)31-26-25(19)20(16-4-7-18(28-2)8-5-16)13-21(27-26)17-6-10-22-23(12-17)30-14-29-22;/h4-8,10,12-13,15H,3,9,11,14H2,1-2H3;1H. The number of thiophene rings is 1. The summed E-state index contributed by atoms with van der Waals surface area (Å²) in [7, 11) is 1.70. The van der Waals surface area contributed by atoms with Crippen LogP contribution in [0.4, 0.5) is 0 Å². The molecule has 0 spiro atoms. The molecule has 6 rings (SSSR count). The number of fused-ring (bicyclic) bond motifs is 4. The van der Waals surface area contributed by atoms with Gasteiger partial charge in [-0.2, -0.15) is 0 Å². The van der Waals surface area contributed by atoms with Crippen molar-refractivity contribution in [2.75, 3.05) is 13.9 Å². The van der Waals surface area contributed by atoms with Gasteiger partial charge in [-0.1, -0.05) is 19.1 Å². The lowest BCUT2D eigenvalue weighted by Crippen LogP contribution is -2.08. The van der Waals surface area contributed by atoms with Gasteiger partial charge < -0.3 is 14.2 Å². The molecule has 1 unspecified atom stereocenters. The molecule has 0 radical (unpaired) electrons. The van der Waals surface area contributed by atoms with Gasteiger partial charge >= 0.3 is 0 Å². The van der Waals surface area contributed by atoms with Crippen LogP contribution in [0.1, 0.15) is 23.8 Å². The summed E-state index contributed by atoms with van der Waals surface area (Å²) < 4.78 is 16.5. The van der Waals surface area contributed by atoms with Gasteiger partial charge in [-0.05, 0) is 78.3 Å². The van der Waals surface area contributed by atoms with Crippen LogP contribution in [-0.2, 0) is 12.8 Å². The van der Waals surface area contributed by atoms with Gasteiger partial charge in [-0.15, -0.1) is 23.7 Å². The van der Waals surface area contributed by atoms with E-state index in [-0.39, 0.29) is 19.2 Å². The van der Waals surface area contributed by atoms with Crippen molar-refractivity contribution in [1.29, 1.82) is 0 Å². The number of nitrogens with zero attached hydrogens (tertiary/aromatic N) is 1. The Labute approximate surface area is 197 Å². The van der Waals surface area contributed by atoms with Gasteiger partial charge in [0.15, 0.2) is 11.5 Å². The monoisotopic (exact) mass is 465 g/mol. The largest absolute Gasteiger partial charge is 0.497 e. The van der Waals surface area contributed by atoms with Crippen molar-refractivity contribution in [2.24, 2.45) is 5.92 Å². The lowest BCUT2D eigenvalue weighted by molar-refractivity contribution is 0.174. The van der Waals surface area contributed by atoms with Crippen LogP contribution >= 0.6 is 23.7 Å². The summed E-state index contributed by atoms with van der Waals surface area (Å²) in [5, 5.41) is 1.32. The number of halogens is 1. The maximum absolute atomic E-state index is 5.61. The van der Waals surface area contributed by atoms with E-state index in [0.717, 1.165) is 52.1 Å². The Balaban J connectivity index is 0.00000216. The second-order valence-corrected chi connectivity index (χ2v) is 9.47. The minimum absolute atomic E-state index is 0. The molecule has 0 saturated heterocycles. The fourth-order valence-corrected chi connectivity index (χ4v) is 6.05. The number of methoxy groups -OCH3 is 1. The fraction of sp³-hybridized carbons (Fsp3) is 0.269. The number of aryl methyl sites for hydroxylation is 1. The van der Waals surface area contributed by atoms with Crippen molar-refractivity contribution in [3.05, 3.63) is 59.0 Å². The Hall–Kier alpha value is -2.76. The second kappa shape index (κ2) is 8.30. The third-order valence-corrected chi connectivity index (χ3v) is 7.48. The zero-order valence-electron chi connectivity index (χ0n) is 18.0. The van der Waals surface area contributed by atoms with Gasteiger partial charge in [0, 0.05) is 15.8 Å². The molecule has 0 fully saturated rings. The molecular formula is C26H24ClNO3S. The molecule has 0 N–H and O–H groups in total. The number of rotatable bonds is 3. The van der Waals surface area contributed by atoms with Crippen molar-refractivity contribution >= 4 is 34.0 Å². The van der Waals surface area contributed by atoms with Gasteiger partial charge in [0.05, 0.1) is 12.8 Å². The molecule has 1 aliphatic heterocycles. The van der Waals surface area contributed by atoms with E-state index >= 15 is 0 Å². The molecule has 1 atom stereocenters. The predicted octanol–water partition coefficient (Wildman–Crippen LogP) is 6.91. The zero-order chi connectivity index (χ0) is 20.9. The van der Waals surface area contributed by atoms with Crippen LogP contribution in [0.2, 0.25) is 0 Å². The average Bonchev–Trinajstić information content (AvgIpc) is 3.41. The Morgan fingerprint density at radius 2 is 1.78 bits per heavy atom. The normalized spacial score (nSPS) is 16.5. The lowest BCUT2D eigenvalue weighted by atomic mass is 9.87. The van der Waals surface area contributed by atoms with Gasteiger partial charge in [-0.25, -0.2) is 4.98 Å². The van der Waals surface area contributed by atoms with Crippen LogP contribution in [0.3, 0.4) is 0 Å². The molecule has 6 heteroatoms. The number of hydrogen-bond acceptors (Lipinski definition) is 5. The summed E-state index contributed by atoms with van der Waals surface area (Å²) in [6, 6.07) is 16.6. The van der Waals surface area contributed by atoms with E-state index in [0.29, 0.717) is 0 Å². The smallest absolute Gasteiger partial charge is 0.231 e. The molecule has 164 valence electrons. The second-order valence-electron chi connectivity index (χ2n) is 8.38. The number of ether oxygens (including phenoxy) is 3. The van der Waals surface area contributed by atoms with Crippen LogP contribution in [-0.4, -0.2) is 18.9 Å². The fourth-order valence-electron chi connectivity index (χ4n) is 4.65. The highest BCUT2D eigenvalue weighted by molar-refractivity contribution is 7.19. The Bertz CT molecular complexity index is 1300. The summed E-state index contributed by atoms with van der Waals surface area (Å²) in [4.78, 5) is 7.74. The Kier molecular flexibility index (Phi) is 5.48. The first-order chi connectivity index (χ1) is 15.2. The van der Waals surface area contributed by atoms with Crippen molar-refractivity contribution in [3.8, 4) is 39.6 Å². The molecule has 0 saturated carbocycles. The van der Waals surface area contributed by atoms with Crippen LogP contribution in [0.25, 0.3) is 32.6 Å². The summed E-state index contributed by atoms with van der Waals surface area (Å²) in [5.41, 5.74) is 5.93. The van der Waals surface area contributed by atoms with Gasteiger partial charge in [-0.3, -0.25) is 0 Å². The minimum atomic E-state index is 0. The number of aromatic nitrogens is 1. The minimum Gasteiger partial charge on any atom is -0.497 e. The Morgan fingerprint density at radius 1 is 1.00 bits per heavy atom. The predicted molar refractivity (Wildman–Crippen MR) is 132 cm³/mol. The van der Waals surface area contributed by atoms with Gasteiger partial charge in [0.1, 0.15) is 10.6 Å². The van der Waals surface area contributed by atoms with E-state index in [1.165, 1.54) is 33.4 Å². The lowest BCUT2D eigenvalue weighted by Gasteiger charge is -2.18. The third-order valence-electron chi connectivity index (χ3n) is 6.33. The number of benzene rings is 2. The summed E-state index contributed by atoms with van der Waals surface area (Å²) >= 11 is 1.86. The molecule has 32 heavy (non-hydrogen) atoms. The van der Waals surface area contributed by atoms with Crippen molar-refractivity contribution < 1.29 is 14.2 Å². The molecule has 4 aromatic rings. The first kappa shape index (κ1) is 21.1. The van der Waals surface area contributed by atoms with E-state index in [2.05, 4.69) is 31.2 Å². The first-order valence-corrected chi connectivity index (χ1v) is 11.5. The van der Waals surface area contributed by atoms with Gasteiger partial charge in [0.25, 0.3) is 0 Å². The Morgan fingerprint density at radius 3 is 2.59 bits per heavy atom. The molecule has 0 bridgehead atoms. The zero-order valence-corrected chi connectivity index (χ0v) is 19.6. The molecule has 2 aliphatic rings. The molecule has 1 aliphatic carbocycles. The molecule has 2 aromatic carbocycles. The quantitative estimate of drug-likeness (QED) is 0.329. The maximum atomic E-state index is 5.61. The third kappa shape index (κ3) is 3.50. The van der Waals surface area contributed by atoms with Gasteiger partial charge in [0.2, 0.25) is 6.79 Å². The van der Waals surface area contributed by atoms with E-state index in [1.807, 2.05) is 35.6 Å². The highest BCUT2D eigenvalue weighted by Gasteiger charge is 2.24. The van der Waals surface area contributed by atoms with E-state index < -0.39 is 0 Å². The highest BCUT2D eigenvalue weighted by atomic mass is 35.5. The average molecular weight is 466 g/mol. The van der Waals surface area contributed by atoms with Crippen molar-refractivity contribution in [3.63, 3.8) is 0 Å². The van der Waals surface area contributed by atoms with E-state index in [4.69, 9.17) is 19.2 Å². The van der Waals surface area contributed by atoms with Crippen LogP contribution in [0.15, 0.2) is 48.5 Å². The van der Waals surface area contributed by atoms with Crippen LogP contribution in [0.5, 0.6) is 17.2 Å². The van der Waals surface area contributed by atoms with E-state index in [1.54, 1.807) is 7.11 Å². The SMILES string of the molecule is COc1ccc(-c2cc(-c3ccc4c(c3)OCO4)nc3sc4c(c23)CCC(C)C4)cc1.Cl. The topological polar surface area (TPSA) is 40.6 Å². The molecule has 2 aromatic heterocycles. The number of hydrogen-bond donors (Lipinski definition) is 0. The molecule has 4 nitrogen and oxygen atoms in total. The van der Waals surface area contributed by atoms with Crippen molar-refractivity contribution in [2.45, 2.75) is 26.2 Å². The first-order valence-electron chi connectivity index (χ1n) is 10.7. The summed E-state index contributed by atoms with van der Waals surface area (Å²) in [5.74, 6) is 3.18. The molecule has 3 heterocycles. The maximum Gasteiger partial charge on any atom is 0.231 e. The van der Waals surface area contributed by atoms with Crippen LogP contribution < -0.4 is 14.2 Å². The van der Waals surface area contributed by atoms with E-state index in [9.17, 15) is 0 Å².